The summed E-state index contributed by atoms with van der Waals surface area (Å²) in [5.74, 6) is -1.18. The SMILES string of the molecule is O=C(COc1c2cccc1Cc1cccc(c1O)Cc1cccc(c1OCC(=O)N(CO)CC(O)C(O)C(O)CO)Cc1cccc(c1O)C2)N(CO)CC(O)C(O)C(O)CO. The van der Waals surface area contributed by atoms with E-state index in [-0.39, 0.29) is 48.7 Å². The number of amides is 2. The molecular formula is C44H54N2O16. The number of ether oxygens (including phenoxy) is 2. The molecule has 12 N–H and O–H groups in total. The number of hydrogen-bond acceptors (Lipinski definition) is 16. The molecule has 0 spiro atoms. The zero-order chi connectivity index (χ0) is 45.1. The summed E-state index contributed by atoms with van der Waals surface area (Å²) in [6.45, 7) is -5.88. The van der Waals surface area contributed by atoms with E-state index in [9.17, 15) is 60.7 Å². The van der Waals surface area contributed by atoms with Crippen molar-refractivity contribution in [3.63, 3.8) is 0 Å². The molecule has 62 heavy (non-hydrogen) atoms. The van der Waals surface area contributed by atoms with Crippen LogP contribution in [-0.2, 0) is 35.3 Å². The van der Waals surface area contributed by atoms with Crippen molar-refractivity contribution in [1.82, 2.24) is 9.80 Å². The summed E-state index contributed by atoms with van der Waals surface area (Å²) in [5, 5.41) is 122. The molecule has 18 nitrogen and oxygen atoms in total. The van der Waals surface area contributed by atoms with E-state index >= 15 is 0 Å². The molecule has 0 fully saturated rings. The van der Waals surface area contributed by atoms with Crippen molar-refractivity contribution >= 4 is 11.8 Å². The van der Waals surface area contributed by atoms with Gasteiger partial charge in [-0.25, -0.2) is 0 Å². The molecule has 0 radical (unpaired) electrons. The molecule has 0 heterocycles. The molecule has 8 bridgehead atoms. The van der Waals surface area contributed by atoms with Gasteiger partial charge in [0.1, 0.15) is 73.1 Å². The number of para-hydroxylation sites is 4. The Bertz CT molecular complexity index is 1900. The first kappa shape index (κ1) is 47.7. The smallest absolute Gasteiger partial charge is 0.262 e. The van der Waals surface area contributed by atoms with E-state index in [0.717, 1.165) is 9.80 Å². The molecule has 2 amide bonds. The number of benzene rings is 4. The lowest BCUT2D eigenvalue weighted by Gasteiger charge is -2.28. The summed E-state index contributed by atoms with van der Waals surface area (Å²) in [4.78, 5) is 28.2. The normalized spacial score (nSPS) is 15.4. The second kappa shape index (κ2) is 22.1. The van der Waals surface area contributed by atoms with Crippen molar-refractivity contribution in [2.24, 2.45) is 0 Å². The number of carbonyl (C=O) groups excluding carboxylic acids is 2. The number of phenols is 2. The number of aliphatic hydroxyl groups excluding tert-OH is 10. The second-order valence-corrected chi connectivity index (χ2v) is 15.1. The molecule has 0 aromatic heterocycles. The number of phenolic OH excluding ortho intramolecular Hbond substituents is 2. The first-order chi connectivity index (χ1) is 29.7. The van der Waals surface area contributed by atoms with Gasteiger partial charge < -0.3 is 80.6 Å². The third kappa shape index (κ3) is 11.5. The molecule has 18 heteroatoms. The highest BCUT2D eigenvalue weighted by Crippen LogP contribution is 2.38. The van der Waals surface area contributed by atoms with Crippen LogP contribution >= 0.6 is 0 Å². The number of nitrogens with zero attached hydrogens (tertiary/aromatic N) is 2. The number of rotatable bonds is 18. The van der Waals surface area contributed by atoms with Crippen LogP contribution in [-0.4, -0.2) is 172 Å². The Morgan fingerprint density at radius 1 is 0.468 bits per heavy atom. The van der Waals surface area contributed by atoms with Gasteiger partial charge in [-0.2, -0.15) is 0 Å². The zero-order valence-electron chi connectivity index (χ0n) is 33.8. The van der Waals surface area contributed by atoms with Crippen molar-refractivity contribution in [3.8, 4) is 23.0 Å². The van der Waals surface area contributed by atoms with Crippen molar-refractivity contribution in [3.05, 3.63) is 117 Å². The van der Waals surface area contributed by atoms with Gasteiger partial charge in [-0.15, -0.1) is 0 Å². The molecule has 4 aromatic carbocycles. The summed E-state index contributed by atoms with van der Waals surface area (Å²) in [7, 11) is 0. The summed E-state index contributed by atoms with van der Waals surface area (Å²) in [6, 6.07) is 20.8. The Balaban J connectivity index is 1.49. The standard InChI is InChI=1S/C44H54N2O16/c47-19-35(53)41(59)33(51)17-45(23-49)37(55)21-61-43-29-9-3-11-31(43)15-27-7-2-8-28(40(27)58)16-32-12-4-10-30(14-26-6-1-5-25(13-29)39(26)57)44(32)62-22-38(56)46(24-50)18-34(52)42(60)36(54)20-48/h1-12,33-36,41-42,47-54,57-60H,13-24H2. The van der Waals surface area contributed by atoms with Crippen LogP contribution < -0.4 is 9.47 Å². The Morgan fingerprint density at radius 3 is 1.00 bits per heavy atom. The fourth-order valence-electron chi connectivity index (χ4n) is 7.21. The number of carbonyl (C=O) groups is 2. The number of hydrogen-bond donors (Lipinski definition) is 12. The van der Waals surface area contributed by atoms with Gasteiger partial charge in [-0.3, -0.25) is 9.59 Å². The molecule has 0 saturated heterocycles. The Morgan fingerprint density at radius 2 is 0.742 bits per heavy atom. The van der Waals surface area contributed by atoms with E-state index in [2.05, 4.69) is 0 Å². The van der Waals surface area contributed by atoms with E-state index in [1.54, 1.807) is 72.8 Å². The van der Waals surface area contributed by atoms with Crippen LogP contribution in [0.4, 0.5) is 0 Å². The van der Waals surface area contributed by atoms with E-state index in [4.69, 9.17) is 19.7 Å². The van der Waals surface area contributed by atoms with Gasteiger partial charge >= 0.3 is 0 Å². The molecule has 0 saturated carbocycles. The molecule has 1 aliphatic rings. The van der Waals surface area contributed by atoms with Gasteiger partial charge in [0.25, 0.3) is 11.8 Å². The fraction of sp³-hybridized carbons (Fsp3) is 0.409. The van der Waals surface area contributed by atoms with E-state index in [1.165, 1.54) is 0 Å². The lowest BCUT2D eigenvalue weighted by molar-refractivity contribution is -0.143. The zero-order valence-corrected chi connectivity index (χ0v) is 33.8. The number of aromatic hydroxyl groups is 2. The van der Waals surface area contributed by atoms with Crippen LogP contribution in [0.1, 0.15) is 44.5 Å². The Hall–Kier alpha value is -5.38. The molecule has 0 aliphatic heterocycles. The van der Waals surface area contributed by atoms with E-state index < -0.39 is 101 Å². The minimum Gasteiger partial charge on any atom is -0.507 e. The van der Waals surface area contributed by atoms with Gasteiger partial charge in [0.2, 0.25) is 0 Å². The summed E-state index contributed by atoms with van der Waals surface area (Å²) >= 11 is 0. The third-order valence-corrected chi connectivity index (χ3v) is 10.8. The number of aliphatic hydroxyl groups is 10. The predicted molar refractivity (Wildman–Crippen MR) is 219 cm³/mol. The molecular weight excluding hydrogens is 812 g/mol. The van der Waals surface area contributed by atoms with Crippen molar-refractivity contribution in [2.45, 2.75) is 62.3 Å². The molecule has 336 valence electrons. The van der Waals surface area contributed by atoms with Crippen LogP contribution in [0.25, 0.3) is 0 Å². The number of fused-ring (bicyclic) bond motifs is 8. The molecule has 5 rings (SSSR count). The van der Waals surface area contributed by atoms with Crippen molar-refractivity contribution in [2.75, 3.05) is 53.0 Å². The van der Waals surface area contributed by atoms with Crippen LogP contribution in [0, 0.1) is 0 Å². The maximum atomic E-state index is 13.3. The highest BCUT2D eigenvalue weighted by molar-refractivity contribution is 5.78. The minimum absolute atomic E-state index is 0.0598. The first-order valence-electron chi connectivity index (χ1n) is 19.8. The summed E-state index contributed by atoms with van der Waals surface area (Å²) in [6.07, 6.45) is -10.0. The molecule has 4 aromatic rings. The quantitative estimate of drug-likeness (QED) is 0.0435. The van der Waals surface area contributed by atoms with Gasteiger partial charge in [0.15, 0.2) is 13.2 Å². The second-order valence-electron chi connectivity index (χ2n) is 15.1. The average molecular weight is 867 g/mol. The summed E-state index contributed by atoms with van der Waals surface area (Å²) < 4.78 is 12.3. The van der Waals surface area contributed by atoms with Gasteiger partial charge in [-0.1, -0.05) is 72.8 Å². The molecule has 6 unspecified atom stereocenters. The maximum absolute atomic E-state index is 13.3. The average Bonchev–Trinajstić information content (AvgIpc) is 3.27. The predicted octanol–water partition coefficient (Wildman–Crippen LogP) is -1.76. The lowest BCUT2D eigenvalue weighted by atomic mass is 9.91. The van der Waals surface area contributed by atoms with Crippen LogP contribution in [0.5, 0.6) is 23.0 Å². The monoisotopic (exact) mass is 866 g/mol. The van der Waals surface area contributed by atoms with Crippen LogP contribution in [0.15, 0.2) is 72.8 Å². The molecule has 1 aliphatic carbocycles. The first-order valence-corrected chi connectivity index (χ1v) is 19.8. The van der Waals surface area contributed by atoms with Crippen molar-refractivity contribution in [1.29, 1.82) is 0 Å². The Kier molecular flexibility index (Phi) is 17.0. The third-order valence-electron chi connectivity index (χ3n) is 10.8. The highest BCUT2D eigenvalue weighted by atomic mass is 16.5. The molecule has 6 atom stereocenters. The summed E-state index contributed by atoms with van der Waals surface area (Å²) in [5.41, 5.74) is 4.08. The van der Waals surface area contributed by atoms with Crippen LogP contribution in [0.2, 0.25) is 0 Å². The Labute approximate surface area is 356 Å². The topological polar surface area (TPSA) is 302 Å². The van der Waals surface area contributed by atoms with Gasteiger partial charge in [0.05, 0.1) is 26.3 Å². The lowest BCUT2D eigenvalue weighted by Crippen LogP contribution is -2.48. The highest BCUT2D eigenvalue weighted by Gasteiger charge is 2.30. The minimum atomic E-state index is -1.81. The van der Waals surface area contributed by atoms with Crippen LogP contribution in [0.3, 0.4) is 0 Å². The maximum Gasteiger partial charge on any atom is 0.262 e. The van der Waals surface area contributed by atoms with Crippen molar-refractivity contribution < 1.29 is 80.3 Å². The van der Waals surface area contributed by atoms with E-state index in [0.29, 0.717) is 44.5 Å². The fourth-order valence-corrected chi connectivity index (χ4v) is 7.21. The largest absolute Gasteiger partial charge is 0.507 e. The van der Waals surface area contributed by atoms with E-state index in [1.807, 2.05) is 0 Å². The van der Waals surface area contributed by atoms with Gasteiger partial charge in [-0.05, 0) is 44.5 Å². The van der Waals surface area contributed by atoms with Gasteiger partial charge in [0, 0.05) is 25.7 Å².